The molecule has 2 aromatic carbocycles. The monoisotopic (exact) mass is 427 g/mol. The molecule has 0 aliphatic carbocycles. The van der Waals surface area contributed by atoms with E-state index in [1.165, 1.54) is 20.3 Å². The molecule has 3 aromatic rings. The summed E-state index contributed by atoms with van der Waals surface area (Å²) in [7, 11) is 2.98. The quantitative estimate of drug-likeness (QED) is 0.602. The van der Waals surface area contributed by atoms with E-state index >= 15 is 0 Å². The van der Waals surface area contributed by atoms with E-state index in [0.717, 1.165) is 5.56 Å². The van der Waals surface area contributed by atoms with E-state index in [9.17, 15) is 9.59 Å². The third kappa shape index (κ3) is 4.99. The number of carbonyl (C=O) groups excluding carboxylic acids is 1. The smallest absolute Gasteiger partial charge is 0.259 e. The van der Waals surface area contributed by atoms with E-state index in [1.54, 1.807) is 37.3 Å². The van der Waals surface area contributed by atoms with Crippen LogP contribution in [0.5, 0.6) is 11.5 Å². The Morgan fingerprint density at radius 3 is 2.33 bits per heavy atom. The Bertz CT molecular complexity index is 1070. The topological polar surface area (TPSA) is 93.3 Å². The first-order valence-corrected chi connectivity index (χ1v) is 9.63. The lowest BCUT2D eigenvalue weighted by molar-refractivity contribution is 0.0930. The van der Waals surface area contributed by atoms with Crippen LogP contribution in [0.25, 0.3) is 0 Å². The third-order valence-electron chi connectivity index (χ3n) is 4.56. The van der Waals surface area contributed by atoms with Crippen LogP contribution >= 0.6 is 11.6 Å². The molecule has 156 valence electrons. The van der Waals surface area contributed by atoms with Gasteiger partial charge in [-0.3, -0.25) is 9.59 Å². The molecule has 0 fully saturated rings. The van der Waals surface area contributed by atoms with Gasteiger partial charge in [0.25, 0.3) is 11.5 Å². The van der Waals surface area contributed by atoms with Gasteiger partial charge in [-0.2, -0.15) is 0 Å². The summed E-state index contributed by atoms with van der Waals surface area (Å²) in [5.74, 6) is 0.926. The Kier molecular flexibility index (Phi) is 6.74. The number of hydrogen-bond acceptors (Lipinski definition) is 5. The van der Waals surface area contributed by atoms with Crippen molar-refractivity contribution in [3.8, 4) is 11.5 Å². The van der Waals surface area contributed by atoms with Crippen LogP contribution in [-0.4, -0.2) is 30.1 Å². The summed E-state index contributed by atoms with van der Waals surface area (Å²) < 4.78 is 10.7. The number of H-pyrrole nitrogens is 1. The molecule has 2 N–H and O–H groups in total. The van der Waals surface area contributed by atoms with Gasteiger partial charge in [0.15, 0.2) is 0 Å². The average molecular weight is 428 g/mol. The molecule has 1 amide bonds. The lowest BCUT2D eigenvalue weighted by Gasteiger charge is -2.21. The predicted octanol–water partition coefficient (Wildman–Crippen LogP) is 3.46. The molecule has 0 bridgehead atoms. The van der Waals surface area contributed by atoms with Crippen molar-refractivity contribution in [3.05, 3.63) is 86.6 Å². The van der Waals surface area contributed by atoms with Crippen molar-refractivity contribution < 1.29 is 14.3 Å². The molecule has 0 saturated carbocycles. The van der Waals surface area contributed by atoms with Crippen LogP contribution in [0.2, 0.25) is 5.02 Å². The molecule has 3 rings (SSSR count). The van der Waals surface area contributed by atoms with Crippen LogP contribution in [-0.2, 0) is 6.42 Å². The summed E-state index contributed by atoms with van der Waals surface area (Å²) >= 11 is 6.02. The molecular weight excluding hydrogens is 406 g/mol. The van der Waals surface area contributed by atoms with Crippen LogP contribution in [0.15, 0.2) is 53.3 Å². The Morgan fingerprint density at radius 1 is 1.13 bits per heavy atom. The molecular formula is C22H22ClN3O4. The van der Waals surface area contributed by atoms with Crippen molar-refractivity contribution in [2.45, 2.75) is 19.4 Å². The number of methoxy groups -OCH3 is 2. The highest BCUT2D eigenvalue weighted by molar-refractivity contribution is 6.30. The van der Waals surface area contributed by atoms with Gasteiger partial charge in [0.05, 0.1) is 26.0 Å². The van der Waals surface area contributed by atoms with Gasteiger partial charge in [0.2, 0.25) is 0 Å². The second kappa shape index (κ2) is 9.45. The molecule has 0 unspecified atom stereocenters. The van der Waals surface area contributed by atoms with E-state index < -0.39 is 6.04 Å². The third-order valence-corrected chi connectivity index (χ3v) is 4.81. The molecule has 30 heavy (non-hydrogen) atoms. The SMILES string of the molecule is COc1cccc(OC)c1C(=O)N[C@@H](Cc1cc(=O)[nH]c(C)n1)c1ccc(Cl)cc1. The molecule has 1 atom stereocenters. The number of aryl methyl sites for hydroxylation is 1. The van der Waals surface area contributed by atoms with Gasteiger partial charge in [0, 0.05) is 17.5 Å². The number of amides is 1. The Hall–Kier alpha value is -3.32. The molecule has 0 aliphatic heterocycles. The first-order chi connectivity index (χ1) is 14.4. The van der Waals surface area contributed by atoms with Gasteiger partial charge < -0.3 is 19.8 Å². The zero-order valence-electron chi connectivity index (χ0n) is 16.9. The number of halogens is 1. The van der Waals surface area contributed by atoms with Gasteiger partial charge in [-0.15, -0.1) is 0 Å². The zero-order chi connectivity index (χ0) is 21.7. The normalized spacial score (nSPS) is 11.6. The van der Waals surface area contributed by atoms with Crippen LogP contribution in [0, 0.1) is 6.92 Å². The highest BCUT2D eigenvalue weighted by Gasteiger charge is 2.23. The summed E-state index contributed by atoms with van der Waals surface area (Å²) in [4.78, 5) is 32.0. The highest BCUT2D eigenvalue weighted by Crippen LogP contribution is 2.29. The fourth-order valence-electron chi connectivity index (χ4n) is 3.21. The van der Waals surface area contributed by atoms with Gasteiger partial charge in [-0.1, -0.05) is 29.8 Å². The van der Waals surface area contributed by atoms with E-state index in [-0.39, 0.29) is 17.0 Å². The van der Waals surface area contributed by atoms with E-state index in [2.05, 4.69) is 15.3 Å². The van der Waals surface area contributed by atoms with Crippen molar-refractivity contribution >= 4 is 17.5 Å². The van der Waals surface area contributed by atoms with Crippen LogP contribution < -0.4 is 20.3 Å². The van der Waals surface area contributed by atoms with Crippen molar-refractivity contribution in [1.29, 1.82) is 0 Å². The Morgan fingerprint density at radius 2 is 1.77 bits per heavy atom. The van der Waals surface area contributed by atoms with Gasteiger partial charge >= 0.3 is 0 Å². The second-order valence-corrected chi connectivity index (χ2v) is 7.08. The minimum Gasteiger partial charge on any atom is -0.496 e. The number of nitrogens with zero attached hydrogens (tertiary/aromatic N) is 1. The predicted molar refractivity (Wildman–Crippen MR) is 115 cm³/mol. The molecule has 0 saturated heterocycles. The molecule has 1 aromatic heterocycles. The number of benzene rings is 2. The van der Waals surface area contributed by atoms with Gasteiger partial charge in [-0.05, 0) is 36.8 Å². The summed E-state index contributed by atoms with van der Waals surface area (Å²) in [5, 5.41) is 3.60. The molecule has 7 nitrogen and oxygen atoms in total. The number of rotatable bonds is 7. The fraction of sp³-hybridized carbons (Fsp3) is 0.227. The number of ether oxygens (including phenoxy) is 2. The first kappa shape index (κ1) is 21.4. The van der Waals surface area contributed by atoms with E-state index in [4.69, 9.17) is 21.1 Å². The van der Waals surface area contributed by atoms with Crippen LogP contribution in [0.1, 0.15) is 33.5 Å². The van der Waals surface area contributed by atoms with Crippen LogP contribution in [0.3, 0.4) is 0 Å². The highest BCUT2D eigenvalue weighted by atomic mass is 35.5. The molecule has 1 heterocycles. The molecule has 0 spiro atoms. The maximum Gasteiger partial charge on any atom is 0.259 e. The minimum atomic E-state index is -0.460. The summed E-state index contributed by atoms with van der Waals surface area (Å²) in [6.45, 7) is 1.71. The summed E-state index contributed by atoms with van der Waals surface area (Å²) in [6.07, 6.45) is 0.315. The maximum atomic E-state index is 13.2. The lowest BCUT2D eigenvalue weighted by atomic mass is 10.0. The van der Waals surface area contributed by atoms with Crippen LogP contribution in [0.4, 0.5) is 0 Å². The van der Waals surface area contributed by atoms with E-state index in [1.807, 2.05) is 12.1 Å². The van der Waals surface area contributed by atoms with Gasteiger partial charge in [-0.25, -0.2) is 4.98 Å². The fourth-order valence-corrected chi connectivity index (χ4v) is 3.33. The minimum absolute atomic E-state index is 0.245. The first-order valence-electron chi connectivity index (χ1n) is 9.25. The Balaban J connectivity index is 1.98. The second-order valence-electron chi connectivity index (χ2n) is 6.64. The maximum absolute atomic E-state index is 13.2. The lowest BCUT2D eigenvalue weighted by Crippen LogP contribution is -2.31. The molecule has 0 aliphatic rings. The number of aromatic amines is 1. The van der Waals surface area contributed by atoms with E-state index in [0.29, 0.717) is 34.5 Å². The summed E-state index contributed by atoms with van der Waals surface area (Å²) in [5.41, 5.74) is 1.42. The number of hydrogen-bond donors (Lipinski definition) is 2. The number of carbonyl (C=O) groups is 1. The number of aromatic nitrogens is 2. The van der Waals surface area contributed by atoms with Crippen molar-refractivity contribution in [3.63, 3.8) is 0 Å². The summed E-state index contributed by atoms with van der Waals surface area (Å²) in [6, 6.07) is 13.2. The van der Waals surface area contributed by atoms with Crippen molar-refractivity contribution in [2.24, 2.45) is 0 Å². The Labute approximate surface area is 179 Å². The van der Waals surface area contributed by atoms with Crippen molar-refractivity contribution in [1.82, 2.24) is 15.3 Å². The molecule has 8 heteroatoms. The standard InChI is InChI=1S/C22H22ClN3O4/c1-13-24-16(12-20(27)25-13)11-17(14-7-9-15(23)10-8-14)26-22(28)21-18(29-2)5-4-6-19(21)30-3/h4-10,12,17H,11H2,1-3H3,(H,26,28)(H,24,25,27)/t17-/m0/s1. The van der Waals surface area contributed by atoms with Crippen molar-refractivity contribution in [2.75, 3.05) is 14.2 Å². The number of nitrogens with one attached hydrogen (secondary N) is 2. The van der Waals surface area contributed by atoms with Gasteiger partial charge in [0.1, 0.15) is 22.9 Å². The molecule has 0 radical (unpaired) electrons. The zero-order valence-corrected chi connectivity index (χ0v) is 17.6. The average Bonchev–Trinajstić information content (AvgIpc) is 2.72. The largest absolute Gasteiger partial charge is 0.496 e.